The van der Waals surface area contributed by atoms with Crippen molar-refractivity contribution in [3.63, 3.8) is 0 Å². The Hall–Kier alpha value is -4.22. The van der Waals surface area contributed by atoms with Gasteiger partial charge in [-0.15, -0.1) is 0 Å². The second-order valence-electron chi connectivity index (χ2n) is 9.04. The minimum atomic E-state index is -0.470. The number of rotatable bonds is 12. The van der Waals surface area contributed by atoms with Crippen LogP contribution >= 0.6 is 0 Å². The van der Waals surface area contributed by atoms with Gasteiger partial charge in [-0.3, -0.25) is 19.7 Å². The molecule has 4 rings (SSSR count). The quantitative estimate of drug-likeness (QED) is 0.190. The average Bonchev–Trinajstić information content (AvgIpc) is 3.42. The summed E-state index contributed by atoms with van der Waals surface area (Å²) in [6, 6.07) is 12.2. The average molecular weight is 520 g/mol. The van der Waals surface area contributed by atoms with Crippen molar-refractivity contribution in [2.75, 3.05) is 32.2 Å². The van der Waals surface area contributed by atoms with Crippen molar-refractivity contribution in [1.29, 1.82) is 0 Å². The summed E-state index contributed by atoms with van der Waals surface area (Å²) in [5.74, 6) is 0.942. The summed E-state index contributed by atoms with van der Waals surface area (Å²) in [7, 11) is 3.28. The smallest absolute Gasteiger partial charge is 0.245 e. The molecule has 200 valence electrons. The Kier molecular flexibility index (Phi) is 8.72. The van der Waals surface area contributed by atoms with Crippen LogP contribution in [0.3, 0.4) is 0 Å². The molecular formula is C27H33N7O4. The van der Waals surface area contributed by atoms with Crippen LogP contribution < -0.4 is 25.2 Å². The monoisotopic (exact) mass is 519 g/mol. The van der Waals surface area contributed by atoms with Gasteiger partial charge in [-0.05, 0) is 18.2 Å². The molecule has 0 bridgehead atoms. The Bertz CT molecular complexity index is 1370. The first-order chi connectivity index (χ1) is 18.4. The topological polar surface area (TPSA) is 127 Å². The standard InChI is InChI=1S/C27H33N7O4/c1-18(2)28-8-10-34(21-11-22(37-3)14-23(12-21)38-4)20-5-6-24-25(13-20)31-26(16-29-24)19-15-30-33(17-19)9-7-27(35)32-36/h5-6,11-18,28,36H,7-10H2,1-4H3,(H,32,35). The number of aryl methyl sites for hydroxylation is 1. The molecule has 2 aromatic carbocycles. The molecule has 2 aromatic heterocycles. The van der Waals surface area contributed by atoms with E-state index in [4.69, 9.17) is 19.7 Å². The van der Waals surface area contributed by atoms with Crippen LogP contribution in [0.25, 0.3) is 22.3 Å². The Labute approximate surface area is 221 Å². The van der Waals surface area contributed by atoms with Crippen LogP contribution in [0, 0.1) is 0 Å². The maximum Gasteiger partial charge on any atom is 0.245 e. The molecule has 0 saturated heterocycles. The van der Waals surface area contributed by atoms with Crippen molar-refractivity contribution in [1.82, 2.24) is 30.5 Å². The molecule has 0 aliphatic rings. The number of hydrogen-bond donors (Lipinski definition) is 3. The van der Waals surface area contributed by atoms with E-state index in [0.29, 0.717) is 36.3 Å². The zero-order valence-electron chi connectivity index (χ0n) is 22.0. The third kappa shape index (κ3) is 6.55. The highest BCUT2D eigenvalue weighted by Crippen LogP contribution is 2.34. The molecular weight excluding hydrogens is 486 g/mol. The van der Waals surface area contributed by atoms with Crippen molar-refractivity contribution < 1.29 is 19.5 Å². The summed E-state index contributed by atoms with van der Waals surface area (Å²) in [4.78, 5) is 23.0. The Morgan fingerprint density at radius 3 is 2.50 bits per heavy atom. The van der Waals surface area contributed by atoms with Crippen LogP contribution in [0.1, 0.15) is 20.3 Å². The van der Waals surface area contributed by atoms with Crippen molar-refractivity contribution in [3.8, 4) is 22.8 Å². The molecule has 11 heteroatoms. The number of nitrogens with zero attached hydrogens (tertiary/aromatic N) is 5. The van der Waals surface area contributed by atoms with Gasteiger partial charge in [0.05, 0.1) is 43.3 Å². The molecule has 3 N–H and O–H groups in total. The number of hydroxylamine groups is 1. The number of carbonyl (C=O) groups excluding carboxylic acids is 1. The van der Waals surface area contributed by atoms with E-state index in [9.17, 15) is 4.79 Å². The first-order valence-electron chi connectivity index (χ1n) is 12.4. The van der Waals surface area contributed by atoms with Crippen LogP contribution in [0.2, 0.25) is 0 Å². The van der Waals surface area contributed by atoms with Crippen molar-refractivity contribution in [2.24, 2.45) is 0 Å². The molecule has 4 aromatic rings. The van der Waals surface area contributed by atoms with Gasteiger partial charge < -0.3 is 19.7 Å². The van der Waals surface area contributed by atoms with E-state index >= 15 is 0 Å². The molecule has 1 amide bonds. The lowest BCUT2D eigenvalue weighted by Crippen LogP contribution is -2.32. The van der Waals surface area contributed by atoms with Gasteiger partial charge in [0.15, 0.2) is 0 Å². The van der Waals surface area contributed by atoms with Gasteiger partial charge in [-0.1, -0.05) is 13.8 Å². The van der Waals surface area contributed by atoms with Gasteiger partial charge in [0, 0.05) is 73.4 Å². The van der Waals surface area contributed by atoms with E-state index in [1.807, 2.05) is 36.4 Å². The largest absolute Gasteiger partial charge is 0.497 e. The van der Waals surface area contributed by atoms with Crippen LogP contribution in [0.5, 0.6) is 11.5 Å². The third-order valence-electron chi connectivity index (χ3n) is 6.00. The van der Waals surface area contributed by atoms with E-state index in [-0.39, 0.29) is 6.42 Å². The number of nitrogens with one attached hydrogen (secondary N) is 2. The number of aromatic nitrogens is 4. The SMILES string of the molecule is COc1cc(OC)cc(N(CCNC(C)C)c2ccc3ncc(-c4cnn(CCC(=O)NO)c4)nc3c2)c1. The highest BCUT2D eigenvalue weighted by molar-refractivity contribution is 5.82. The van der Waals surface area contributed by atoms with E-state index in [1.165, 1.54) is 0 Å². The number of anilines is 2. The zero-order chi connectivity index (χ0) is 27.1. The number of carbonyl (C=O) groups is 1. The van der Waals surface area contributed by atoms with Gasteiger partial charge in [-0.2, -0.15) is 5.10 Å². The maximum absolute atomic E-state index is 11.3. The van der Waals surface area contributed by atoms with Gasteiger partial charge in [0.2, 0.25) is 5.91 Å². The minimum absolute atomic E-state index is 0.112. The molecule has 0 saturated carbocycles. The third-order valence-corrected chi connectivity index (χ3v) is 6.00. The molecule has 11 nitrogen and oxygen atoms in total. The summed E-state index contributed by atoms with van der Waals surface area (Å²) in [5.41, 5.74) is 6.48. The predicted octanol–water partition coefficient (Wildman–Crippen LogP) is 3.54. The Morgan fingerprint density at radius 2 is 1.82 bits per heavy atom. The van der Waals surface area contributed by atoms with E-state index < -0.39 is 5.91 Å². The number of hydrogen-bond acceptors (Lipinski definition) is 9. The number of ether oxygens (including phenoxy) is 2. The van der Waals surface area contributed by atoms with Crippen LogP contribution in [0.4, 0.5) is 11.4 Å². The van der Waals surface area contributed by atoms with Crippen LogP contribution in [0.15, 0.2) is 55.0 Å². The Morgan fingerprint density at radius 1 is 1.05 bits per heavy atom. The summed E-state index contributed by atoms with van der Waals surface area (Å²) >= 11 is 0. The molecule has 0 aliphatic heterocycles. The van der Waals surface area contributed by atoms with Gasteiger partial charge in [0.25, 0.3) is 0 Å². The zero-order valence-corrected chi connectivity index (χ0v) is 22.0. The molecule has 0 atom stereocenters. The second kappa shape index (κ2) is 12.3. The van der Waals surface area contributed by atoms with Crippen molar-refractivity contribution in [2.45, 2.75) is 32.9 Å². The summed E-state index contributed by atoms with van der Waals surface area (Å²) in [6.07, 6.45) is 5.31. The number of methoxy groups -OCH3 is 2. The molecule has 0 unspecified atom stereocenters. The predicted molar refractivity (Wildman–Crippen MR) is 145 cm³/mol. The normalized spacial score (nSPS) is 11.1. The van der Waals surface area contributed by atoms with Crippen LogP contribution in [-0.2, 0) is 11.3 Å². The lowest BCUT2D eigenvalue weighted by Gasteiger charge is -2.27. The second-order valence-corrected chi connectivity index (χ2v) is 9.04. The molecule has 0 aliphatic carbocycles. The number of fused-ring (bicyclic) bond motifs is 1. The van der Waals surface area contributed by atoms with E-state index in [1.54, 1.807) is 43.0 Å². The molecule has 0 fully saturated rings. The summed E-state index contributed by atoms with van der Waals surface area (Å²) in [6.45, 7) is 6.06. The molecule has 0 radical (unpaired) electrons. The highest BCUT2D eigenvalue weighted by Gasteiger charge is 2.15. The number of benzene rings is 2. The fraction of sp³-hybridized carbons (Fsp3) is 0.333. The fourth-order valence-corrected chi connectivity index (χ4v) is 4.02. The first kappa shape index (κ1) is 26.8. The van der Waals surface area contributed by atoms with Crippen molar-refractivity contribution >= 4 is 28.3 Å². The van der Waals surface area contributed by atoms with Crippen LogP contribution in [-0.4, -0.2) is 64.2 Å². The maximum atomic E-state index is 11.3. The van der Waals surface area contributed by atoms with Gasteiger partial charge >= 0.3 is 0 Å². The number of amides is 1. The summed E-state index contributed by atoms with van der Waals surface area (Å²) in [5, 5.41) is 16.5. The molecule has 0 spiro atoms. The Balaban J connectivity index is 1.67. The lowest BCUT2D eigenvalue weighted by molar-refractivity contribution is -0.129. The lowest BCUT2D eigenvalue weighted by atomic mass is 10.2. The fourth-order valence-electron chi connectivity index (χ4n) is 4.02. The first-order valence-corrected chi connectivity index (χ1v) is 12.4. The van der Waals surface area contributed by atoms with Gasteiger partial charge in [-0.25, -0.2) is 10.5 Å². The van der Waals surface area contributed by atoms with Crippen molar-refractivity contribution in [3.05, 3.63) is 55.0 Å². The van der Waals surface area contributed by atoms with Gasteiger partial charge in [0.1, 0.15) is 11.5 Å². The van der Waals surface area contributed by atoms with E-state index in [2.05, 4.69) is 34.1 Å². The highest BCUT2D eigenvalue weighted by atomic mass is 16.5. The molecule has 38 heavy (non-hydrogen) atoms. The molecule has 2 heterocycles. The summed E-state index contributed by atoms with van der Waals surface area (Å²) < 4.78 is 12.7. The minimum Gasteiger partial charge on any atom is -0.497 e. The van der Waals surface area contributed by atoms with E-state index in [0.717, 1.165) is 34.5 Å².